The van der Waals surface area contributed by atoms with Crippen molar-refractivity contribution < 1.29 is 22.7 Å². The van der Waals surface area contributed by atoms with Crippen LogP contribution in [0.2, 0.25) is 0 Å². The predicted molar refractivity (Wildman–Crippen MR) is 120 cm³/mol. The Morgan fingerprint density at radius 3 is 2.27 bits per heavy atom. The van der Waals surface area contributed by atoms with Crippen molar-refractivity contribution in [3.8, 4) is 5.75 Å². The van der Waals surface area contributed by atoms with Crippen LogP contribution < -0.4 is 20.7 Å². The van der Waals surface area contributed by atoms with Crippen molar-refractivity contribution in [1.82, 2.24) is 16.0 Å². The Kier molecular flexibility index (Phi) is 11.0. The molecule has 0 aliphatic carbocycles. The topological polar surface area (TPSA) is 74.8 Å². The van der Waals surface area contributed by atoms with Crippen LogP contribution >= 0.6 is 24.0 Å². The highest BCUT2D eigenvalue weighted by atomic mass is 127. The number of carbonyl (C=O) groups is 1. The lowest BCUT2D eigenvalue weighted by molar-refractivity contribution is -0.274. The zero-order chi connectivity index (χ0) is 21.1. The van der Waals surface area contributed by atoms with E-state index >= 15 is 0 Å². The van der Waals surface area contributed by atoms with Gasteiger partial charge in [-0.25, -0.2) is 4.99 Å². The normalized spacial score (nSPS) is 11.3. The molecule has 0 fully saturated rings. The zero-order valence-electron chi connectivity index (χ0n) is 16.3. The maximum atomic E-state index is 12.5. The van der Waals surface area contributed by atoms with Gasteiger partial charge in [0.05, 0.1) is 6.54 Å². The van der Waals surface area contributed by atoms with Crippen molar-refractivity contribution in [2.24, 2.45) is 4.99 Å². The molecule has 0 radical (unpaired) electrons. The van der Waals surface area contributed by atoms with E-state index in [1.54, 1.807) is 30.3 Å². The quantitative estimate of drug-likeness (QED) is 0.208. The summed E-state index contributed by atoms with van der Waals surface area (Å²) < 4.78 is 41.6. The predicted octanol–water partition coefficient (Wildman–Crippen LogP) is 3.69. The van der Waals surface area contributed by atoms with Crippen molar-refractivity contribution in [2.45, 2.75) is 19.8 Å². The molecule has 0 saturated carbocycles. The fourth-order valence-electron chi connectivity index (χ4n) is 2.41. The Bertz CT molecular complexity index is 817. The van der Waals surface area contributed by atoms with Crippen LogP contribution in [0.5, 0.6) is 5.75 Å². The molecule has 10 heteroatoms. The maximum Gasteiger partial charge on any atom is 0.573 e. The lowest BCUT2D eigenvalue weighted by Crippen LogP contribution is -2.41. The molecule has 0 spiro atoms. The third-order valence-corrected chi connectivity index (χ3v) is 3.69. The van der Waals surface area contributed by atoms with Gasteiger partial charge in [-0.05, 0) is 25.1 Å². The zero-order valence-corrected chi connectivity index (χ0v) is 18.7. The lowest BCUT2D eigenvalue weighted by Gasteiger charge is -2.14. The van der Waals surface area contributed by atoms with Crippen LogP contribution in [0.25, 0.3) is 0 Å². The second-order valence-electron chi connectivity index (χ2n) is 5.90. The first-order chi connectivity index (χ1) is 13.9. The van der Waals surface area contributed by atoms with E-state index in [0.29, 0.717) is 36.7 Å². The fourth-order valence-corrected chi connectivity index (χ4v) is 2.41. The molecular weight excluding hydrogens is 512 g/mol. The number of halogens is 4. The van der Waals surface area contributed by atoms with Crippen molar-refractivity contribution in [3.63, 3.8) is 0 Å². The molecule has 164 valence electrons. The number of alkyl halides is 3. The van der Waals surface area contributed by atoms with Gasteiger partial charge in [0.25, 0.3) is 5.91 Å². The number of para-hydroxylation sites is 1. The van der Waals surface area contributed by atoms with E-state index in [2.05, 4.69) is 25.7 Å². The summed E-state index contributed by atoms with van der Waals surface area (Å²) >= 11 is 0. The molecular formula is C20H24F3IN4O2. The molecule has 2 aromatic rings. The van der Waals surface area contributed by atoms with Gasteiger partial charge < -0.3 is 20.7 Å². The Morgan fingerprint density at radius 2 is 1.60 bits per heavy atom. The van der Waals surface area contributed by atoms with Gasteiger partial charge in [-0.15, -0.1) is 37.1 Å². The molecule has 2 rings (SSSR count). The Labute approximate surface area is 190 Å². The second-order valence-corrected chi connectivity index (χ2v) is 5.90. The van der Waals surface area contributed by atoms with Gasteiger partial charge in [-0.1, -0.05) is 36.4 Å². The SMILES string of the molecule is CCNC(=NCc1ccccc1OC(F)(F)F)NCCNC(=O)c1ccccc1.I. The van der Waals surface area contributed by atoms with Gasteiger partial charge >= 0.3 is 6.36 Å². The van der Waals surface area contributed by atoms with Gasteiger partial charge in [0.2, 0.25) is 0 Å². The molecule has 1 amide bonds. The molecule has 0 heterocycles. The van der Waals surface area contributed by atoms with Crippen molar-refractivity contribution >= 4 is 35.8 Å². The number of guanidine groups is 1. The Morgan fingerprint density at radius 1 is 0.967 bits per heavy atom. The molecule has 0 bridgehead atoms. The van der Waals surface area contributed by atoms with Crippen LogP contribution in [0.15, 0.2) is 59.6 Å². The summed E-state index contributed by atoms with van der Waals surface area (Å²) in [7, 11) is 0. The molecule has 0 aliphatic rings. The minimum absolute atomic E-state index is 0. The van der Waals surface area contributed by atoms with E-state index in [-0.39, 0.29) is 42.2 Å². The van der Waals surface area contributed by atoms with Crippen LogP contribution in [0.1, 0.15) is 22.8 Å². The minimum atomic E-state index is -4.76. The molecule has 30 heavy (non-hydrogen) atoms. The maximum absolute atomic E-state index is 12.5. The third-order valence-electron chi connectivity index (χ3n) is 3.69. The number of nitrogens with one attached hydrogen (secondary N) is 3. The summed E-state index contributed by atoms with van der Waals surface area (Å²) in [5.74, 6) is -0.0504. The number of rotatable bonds is 8. The first-order valence-electron chi connectivity index (χ1n) is 9.08. The summed E-state index contributed by atoms with van der Waals surface area (Å²) in [4.78, 5) is 16.3. The number of amides is 1. The monoisotopic (exact) mass is 536 g/mol. The van der Waals surface area contributed by atoms with Crippen LogP contribution in [-0.2, 0) is 6.54 Å². The molecule has 0 saturated heterocycles. The van der Waals surface area contributed by atoms with E-state index in [1.165, 1.54) is 18.2 Å². The number of nitrogens with zero attached hydrogens (tertiary/aromatic N) is 1. The van der Waals surface area contributed by atoms with Crippen LogP contribution in [0, 0.1) is 0 Å². The second kappa shape index (κ2) is 12.9. The number of ether oxygens (including phenoxy) is 1. The average Bonchev–Trinajstić information content (AvgIpc) is 2.69. The molecule has 0 atom stereocenters. The van der Waals surface area contributed by atoms with Gasteiger partial charge in [0, 0.05) is 30.8 Å². The minimum Gasteiger partial charge on any atom is -0.405 e. The van der Waals surface area contributed by atoms with Crippen molar-refractivity contribution in [2.75, 3.05) is 19.6 Å². The van der Waals surface area contributed by atoms with Gasteiger partial charge in [0.1, 0.15) is 5.75 Å². The summed E-state index contributed by atoms with van der Waals surface area (Å²) in [6, 6.07) is 14.7. The number of carbonyl (C=O) groups excluding carboxylic acids is 1. The number of aliphatic imine (C=N–C) groups is 1. The van der Waals surface area contributed by atoms with Crippen molar-refractivity contribution in [1.29, 1.82) is 0 Å². The lowest BCUT2D eigenvalue weighted by atomic mass is 10.2. The molecule has 0 unspecified atom stereocenters. The third kappa shape index (κ3) is 9.33. The molecule has 0 aliphatic heterocycles. The van der Waals surface area contributed by atoms with Crippen LogP contribution in [-0.4, -0.2) is 37.9 Å². The molecule has 6 nitrogen and oxygen atoms in total. The van der Waals surface area contributed by atoms with Gasteiger partial charge in [0.15, 0.2) is 5.96 Å². The highest BCUT2D eigenvalue weighted by Gasteiger charge is 2.31. The number of hydrogen-bond acceptors (Lipinski definition) is 3. The highest BCUT2D eigenvalue weighted by molar-refractivity contribution is 14.0. The van der Waals surface area contributed by atoms with Gasteiger partial charge in [-0.3, -0.25) is 4.79 Å². The van der Waals surface area contributed by atoms with E-state index in [9.17, 15) is 18.0 Å². The molecule has 0 aromatic heterocycles. The molecule has 2 aromatic carbocycles. The number of hydrogen-bond donors (Lipinski definition) is 3. The first-order valence-corrected chi connectivity index (χ1v) is 9.08. The van der Waals surface area contributed by atoms with Gasteiger partial charge in [-0.2, -0.15) is 0 Å². The van der Waals surface area contributed by atoms with Crippen LogP contribution in [0.3, 0.4) is 0 Å². The first kappa shape index (κ1) is 25.5. The number of benzene rings is 2. The van der Waals surface area contributed by atoms with E-state index in [1.807, 2.05) is 13.0 Å². The smallest absolute Gasteiger partial charge is 0.405 e. The van der Waals surface area contributed by atoms with Crippen molar-refractivity contribution in [3.05, 3.63) is 65.7 Å². The largest absolute Gasteiger partial charge is 0.573 e. The highest BCUT2D eigenvalue weighted by Crippen LogP contribution is 2.26. The Balaban J connectivity index is 0.00000450. The van der Waals surface area contributed by atoms with E-state index in [0.717, 1.165) is 0 Å². The van der Waals surface area contributed by atoms with Crippen LogP contribution in [0.4, 0.5) is 13.2 Å². The summed E-state index contributed by atoms with van der Waals surface area (Å²) in [5, 5.41) is 8.81. The summed E-state index contributed by atoms with van der Waals surface area (Å²) in [6.07, 6.45) is -4.76. The fraction of sp³-hybridized carbons (Fsp3) is 0.300. The average molecular weight is 536 g/mol. The van der Waals surface area contributed by atoms with E-state index < -0.39 is 6.36 Å². The Hall–Kier alpha value is -2.50. The summed E-state index contributed by atoms with van der Waals surface area (Å²) in [5.41, 5.74) is 0.869. The summed E-state index contributed by atoms with van der Waals surface area (Å²) in [6.45, 7) is 3.19. The molecule has 3 N–H and O–H groups in total. The van der Waals surface area contributed by atoms with E-state index in [4.69, 9.17) is 0 Å². The standard InChI is InChI=1S/C20H23F3N4O2.HI/c1-2-24-19(26-13-12-25-18(28)15-8-4-3-5-9-15)27-14-16-10-6-7-11-17(16)29-20(21,22)23;/h3-11H,2,12-14H2,1H3,(H,25,28)(H2,24,26,27);1H.